The zero-order valence-corrected chi connectivity index (χ0v) is 23.0. The number of aliphatic hydroxyl groups is 3. The Morgan fingerprint density at radius 2 is 1.58 bits per heavy atom. The number of rotatable bonds is 4. The van der Waals surface area contributed by atoms with Gasteiger partial charge in [0.2, 0.25) is 0 Å². The minimum atomic E-state index is -1.19. The van der Waals surface area contributed by atoms with Crippen molar-refractivity contribution in [2.24, 2.45) is 23.7 Å². The lowest BCUT2D eigenvalue weighted by atomic mass is 9.80. The monoisotopic (exact) mass is 513 g/mol. The van der Waals surface area contributed by atoms with Crippen molar-refractivity contribution in [3.63, 3.8) is 0 Å². The average Bonchev–Trinajstić information content (AvgIpc) is 2.80. The van der Waals surface area contributed by atoms with E-state index in [1.807, 2.05) is 39.8 Å². The fourth-order valence-electron chi connectivity index (χ4n) is 5.33. The molecule has 2 heterocycles. The molecule has 0 aromatic heterocycles. The van der Waals surface area contributed by atoms with Crippen LogP contribution in [0.5, 0.6) is 0 Å². The van der Waals surface area contributed by atoms with Gasteiger partial charge < -0.3 is 34.4 Å². The quantitative estimate of drug-likeness (QED) is 0.482. The number of esters is 1. The minimum absolute atomic E-state index is 0.147. The number of Topliss-reactive ketones (excluding diaryl/α,β-unsaturated/α-hetero) is 1. The summed E-state index contributed by atoms with van der Waals surface area (Å²) in [5, 5.41) is 32.6. The zero-order chi connectivity index (χ0) is 27.3. The number of cyclic esters (lactones) is 1. The van der Waals surface area contributed by atoms with Gasteiger partial charge in [-0.3, -0.25) is 9.59 Å². The van der Waals surface area contributed by atoms with E-state index in [9.17, 15) is 24.9 Å². The number of carbonyl (C=O) groups excluding carboxylic acids is 2. The van der Waals surface area contributed by atoms with Crippen LogP contribution in [0.3, 0.4) is 0 Å². The summed E-state index contributed by atoms with van der Waals surface area (Å²) < 4.78 is 17.8. The smallest absolute Gasteiger partial charge is 0.312 e. The molecule has 2 radical (unpaired) electrons. The zero-order valence-electron chi connectivity index (χ0n) is 23.0. The van der Waals surface area contributed by atoms with E-state index in [2.05, 4.69) is 0 Å². The Kier molecular flexibility index (Phi) is 11.8. The number of likely N-dealkylation sites (N-methyl/N-ethyl adjacent to an activating group) is 1. The van der Waals surface area contributed by atoms with E-state index in [-0.39, 0.29) is 23.8 Å². The average molecular weight is 514 g/mol. The molecule has 9 heteroatoms. The van der Waals surface area contributed by atoms with Gasteiger partial charge >= 0.3 is 5.97 Å². The third-order valence-corrected chi connectivity index (χ3v) is 7.83. The molecule has 2 aliphatic heterocycles. The minimum Gasteiger partial charge on any atom is -0.462 e. The second-order valence-corrected chi connectivity index (χ2v) is 11.1. The van der Waals surface area contributed by atoms with E-state index in [4.69, 9.17) is 14.2 Å². The summed E-state index contributed by atoms with van der Waals surface area (Å²) in [6.45, 7) is 11.0. The summed E-state index contributed by atoms with van der Waals surface area (Å²) in [7, 11) is 3.78. The predicted octanol–water partition coefficient (Wildman–Crippen LogP) is 1.77. The molecule has 9 nitrogen and oxygen atoms in total. The number of hydrogen-bond donors (Lipinski definition) is 3. The summed E-state index contributed by atoms with van der Waals surface area (Å²) >= 11 is 0. The fourth-order valence-corrected chi connectivity index (χ4v) is 5.33. The Morgan fingerprint density at radius 1 is 0.972 bits per heavy atom. The van der Waals surface area contributed by atoms with Gasteiger partial charge in [-0.15, -0.1) is 0 Å². The number of carbonyl (C=O) groups is 2. The molecule has 4 unspecified atom stereocenters. The summed E-state index contributed by atoms with van der Waals surface area (Å²) in [5.41, 5.74) is 0. The first-order valence-corrected chi connectivity index (χ1v) is 13.2. The van der Waals surface area contributed by atoms with Crippen LogP contribution in [-0.2, 0) is 23.8 Å². The molecule has 0 spiro atoms. The van der Waals surface area contributed by atoms with E-state index in [0.29, 0.717) is 19.3 Å². The molecule has 2 aliphatic rings. The highest BCUT2D eigenvalue weighted by Crippen LogP contribution is 2.33. The lowest BCUT2D eigenvalue weighted by molar-refractivity contribution is -0.281. The van der Waals surface area contributed by atoms with Gasteiger partial charge in [-0.25, -0.2) is 0 Å². The number of ketones is 1. The molecule has 0 saturated carbocycles. The summed E-state index contributed by atoms with van der Waals surface area (Å²) in [5.74, 6) is -2.58. The number of ether oxygens (including phenoxy) is 3. The highest BCUT2D eigenvalue weighted by molar-refractivity contribution is 5.89. The Bertz CT molecular complexity index is 718. The van der Waals surface area contributed by atoms with Crippen LogP contribution in [-0.4, -0.2) is 95.0 Å². The summed E-state index contributed by atoms with van der Waals surface area (Å²) in [6, 6.07) is -0.168. The number of aliphatic hydroxyl groups excluding tert-OH is 3. The predicted molar refractivity (Wildman–Crippen MR) is 134 cm³/mol. The fraction of sp³-hybridized carbons (Fsp3) is 0.852. The molecule has 208 valence electrons. The van der Waals surface area contributed by atoms with E-state index in [1.165, 1.54) is 6.42 Å². The maximum Gasteiger partial charge on any atom is 0.312 e. The Morgan fingerprint density at radius 3 is 2.17 bits per heavy atom. The van der Waals surface area contributed by atoms with Crippen molar-refractivity contribution in [2.75, 3.05) is 14.1 Å². The third-order valence-electron chi connectivity index (χ3n) is 7.83. The second-order valence-electron chi connectivity index (χ2n) is 11.1. The molecule has 3 N–H and O–H groups in total. The van der Waals surface area contributed by atoms with Gasteiger partial charge in [-0.2, -0.15) is 0 Å². The number of hydrogen-bond acceptors (Lipinski definition) is 9. The maximum absolute atomic E-state index is 12.9. The van der Waals surface area contributed by atoms with Gasteiger partial charge in [-0.1, -0.05) is 34.6 Å². The maximum atomic E-state index is 12.9. The third kappa shape index (κ3) is 7.95. The van der Waals surface area contributed by atoms with Crippen molar-refractivity contribution in [2.45, 2.75) is 110 Å². The van der Waals surface area contributed by atoms with Gasteiger partial charge in [0.05, 0.1) is 37.3 Å². The molecule has 2 saturated heterocycles. The molecule has 2 rings (SSSR count). The Labute approximate surface area is 216 Å². The molecular weight excluding hydrogens is 466 g/mol. The molecule has 0 aromatic carbocycles. The molecule has 12 atom stereocenters. The molecular formula is C27H47NO8. The van der Waals surface area contributed by atoms with Crippen molar-refractivity contribution in [3.05, 3.63) is 12.8 Å². The summed E-state index contributed by atoms with van der Waals surface area (Å²) in [6.07, 6.45) is -1.55. The van der Waals surface area contributed by atoms with E-state index >= 15 is 0 Å². The van der Waals surface area contributed by atoms with Crippen LogP contribution >= 0.6 is 0 Å². The molecule has 0 aromatic rings. The topological polar surface area (TPSA) is 126 Å². The van der Waals surface area contributed by atoms with Crippen molar-refractivity contribution in [1.29, 1.82) is 0 Å². The first-order chi connectivity index (χ1) is 16.8. The second kappa shape index (κ2) is 13.6. The molecule has 0 bridgehead atoms. The van der Waals surface area contributed by atoms with Crippen LogP contribution in [0.2, 0.25) is 0 Å². The molecule has 0 amide bonds. The largest absolute Gasteiger partial charge is 0.462 e. The number of nitrogens with zero attached hydrogens (tertiary/aromatic N) is 1. The van der Waals surface area contributed by atoms with Crippen LogP contribution in [0.4, 0.5) is 0 Å². The highest BCUT2D eigenvalue weighted by atomic mass is 16.7. The van der Waals surface area contributed by atoms with Crippen LogP contribution in [0, 0.1) is 36.5 Å². The highest BCUT2D eigenvalue weighted by Gasteiger charge is 2.43. The van der Waals surface area contributed by atoms with Gasteiger partial charge in [0.25, 0.3) is 0 Å². The van der Waals surface area contributed by atoms with Crippen LogP contribution in [0.25, 0.3) is 0 Å². The van der Waals surface area contributed by atoms with Gasteiger partial charge in [0, 0.05) is 23.8 Å². The van der Waals surface area contributed by atoms with E-state index in [0.717, 1.165) is 6.42 Å². The van der Waals surface area contributed by atoms with Crippen molar-refractivity contribution < 1.29 is 39.1 Å². The van der Waals surface area contributed by atoms with Gasteiger partial charge in [0.15, 0.2) is 6.29 Å². The van der Waals surface area contributed by atoms with Crippen molar-refractivity contribution >= 4 is 11.8 Å². The summed E-state index contributed by atoms with van der Waals surface area (Å²) in [4.78, 5) is 27.5. The van der Waals surface area contributed by atoms with Crippen LogP contribution in [0.15, 0.2) is 0 Å². The Hall–Kier alpha value is -1.10. The van der Waals surface area contributed by atoms with Crippen molar-refractivity contribution in [1.82, 2.24) is 4.90 Å². The van der Waals surface area contributed by atoms with Crippen molar-refractivity contribution in [3.8, 4) is 0 Å². The molecule has 2 fully saturated rings. The van der Waals surface area contributed by atoms with Crippen LogP contribution in [0.1, 0.15) is 60.8 Å². The first kappa shape index (κ1) is 31.1. The lowest BCUT2D eigenvalue weighted by Crippen LogP contribution is -2.56. The molecule has 0 aliphatic carbocycles. The van der Waals surface area contributed by atoms with Crippen LogP contribution < -0.4 is 0 Å². The van der Waals surface area contributed by atoms with Gasteiger partial charge in [-0.05, 0) is 46.2 Å². The normalized spacial score (nSPS) is 44.2. The lowest BCUT2D eigenvalue weighted by Gasteiger charge is -2.44. The Balaban J connectivity index is 2.33. The van der Waals surface area contributed by atoms with Gasteiger partial charge in [0.1, 0.15) is 18.0 Å². The van der Waals surface area contributed by atoms with E-state index in [1.54, 1.807) is 20.8 Å². The first-order valence-electron chi connectivity index (χ1n) is 13.2. The SMILES string of the molecule is CC[C@H]1OC(=O)[CH][C@@H](O)[C@H](C)[C@@H](OC2OC(C)CC(N(C)C)C2O)[C@@H](C)C[C@@H](C)C(=O)[CH][C@@H](O)[C@H]1C. The standard InChI is InChI=1S/C27H47NO8/c1-9-23-17(5)21(30)12-20(29)14(2)10-15(3)26(18(6)22(31)13-24(32)35-23)36-27-25(33)19(28(7)8)11-16(4)34-27/h12-19,21-23,25-27,30-31,33H,9-11H2,1-8H3/t14-,15+,16?,17-,18+,19?,21-,22-,23-,25?,26+,27?/m1/s1. The van der Waals surface area contributed by atoms with E-state index < -0.39 is 60.5 Å². The molecule has 36 heavy (non-hydrogen) atoms.